The van der Waals surface area contributed by atoms with Gasteiger partial charge in [-0.05, 0) is 59.1 Å². The number of carboxylic acid groups (broad SMARTS) is 1. The predicted molar refractivity (Wildman–Crippen MR) is 137 cm³/mol. The van der Waals surface area contributed by atoms with E-state index in [0.717, 1.165) is 31.5 Å². The number of nitrogens with one attached hydrogen (secondary N) is 1. The first kappa shape index (κ1) is 29.2. The predicted octanol–water partition coefficient (Wildman–Crippen LogP) is 4.00. The van der Waals surface area contributed by atoms with Gasteiger partial charge in [0.15, 0.2) is 0 Å². The topological polar surface area (TPSA) is 112 Å². The number of carbonyl (C=O) groups is 3. The van der Waals surface area contributed by atoms with E-state index in [1.54, 1.807) is 16.8 Å². The van der Waals surface area contributed by atoms with Crippen LogP contribution in [-0.2, 0) is 16.1 Å². The van der Waals surface area contributed by atoms with Crippen molar-refractivity contribution < 1.29 is 29.0 Å². The molecule has 0 radical (unpaired) electrons. The number of piperidine rings is 2. The Labute approximate surface area is 214 Å². The van der Waals surface area contributed by atoms with E-state index in [0.29, 0.717) is 32.0 Å². The third kappa shape index (κ3) is 9.93. The first-order chi connectivity index (χ1) is 17.0. The van der Waals surface area contributed by atoms with Gasteiger partial charge in [0.25, 0.3) is 0 Å². The zero-order valence-corrected chi connectivity index (χ0v) is 22.2. The van der Waals surface area contributed by atoms with Crippen LogP contribution in [0.1, 0.15) is 52.0 Å². The van der Waals surface area contributed by atoms with E-state index in [2.05, 4.69) is 5.32 Å². The average Bonchev–Trinajstić information content (AvgIpc) is 2.87. The number of nitrogens with zero attached hydrogens (tertiary/aromatic N) is 3. The highest BCUT2D eigenvalue weighted by atomic mass is 16.6. The lowest BCUT2D eigenvalue weighted by atomic mass is 10.0. The molecule has 202 valence electrons. The Bertz CT molecular complexity index is 829. The lowest BCUT2D eigenvalue weighted by Crippen LogP contribution is -2.47. The van der Waals surface area contributed by atoms with E-state index >= 15 is 0 Å². The molecule has 1 aromatic carbocycles. The second-order valence-corrected chi connectivity index (χ2v) is 10.2. The molecule has 2 N–H and O–H groups in total. The van der Waals surface area contributed by atoms with Crippen molar-refractivity contribution in [3.05, 3.63) is 35.9 Å². The van der Waals surface area contributed by atoms with Gasteiger partial charge in [0, 0.05) is 45.3 Å². The molecule has 0 aromatic heterocycles. The molecule has 36 heavy (non-hydrogen) atoms. The summed E-state index contributed by atoms with van der Waals surface area (Å²) in [5.41, 5.74) is 0.552. The molecule has 0 bridgehead atoms. The maximum atomic E-state index is 12.0. The summed E-state index contributed by atoms with van der Waals surface area (Å²) in [7, 11) is 3.67. The van der Waals surface area contributed by atoms with E-state index in [1.807, 2.05) is 58.2 Å². The van der Waals surface area contributed by atoms with Gasteiger partial charge in [-0.1, -0.05) is 30.3 Å². The van der Waals surface area contributed by atoms with Crippen LogP contribution in [0.3, 0.4) is 0 Å². The number of hydrogen-bond acceptors (Lipinski definition) is 6. The molecule has 0 aliphatic carbocycles. The Balaban J connectivity index is 0.000000269. The van der Waals surface area contributed by atoms with E-state index in [1.165, 1.54) is 4.90 Å². The van der Waals surface area contributed by atoms with Gasteiger partial charge >= 0.3 is 18.3 Å². The monoisotopic (exact) mass is 506 g/mol. The summed E-state index contributed by atoms with van der Waals surface area (Å²) in [6, 6.07) is 10.1. The molecular weight excluding hydrogens is 464 g/mol. The summed E-state index contributed by atoms with van der Waals surface area (Å²) in [5, 5.41) is 12.1. The molecule has 2 fully saturated rings. The fraction of sp³-hybridized carbons (Fsp3) is 0.654. The van der Waals surface area contributed by atoms with Crippen LogP contribution in [0.5, 0.6) is 0 Å². The molecule has 3 rings (SSSR count). The molecule has 1 aromatic rings. The first-order valence-corrected chi connectivity index (χ1v) is 12.6. The highest BCUT2D eigenvalue weighted by Gasteiger charge is 2.28. The lowest BCUT2D eigenvalue weighted by molar-refractivity contribution is 0.0200. The van der Waals surface area contributed by atoms with Crippen molar-refractivity contribution in [2.45, 2.75) is 70.7 Å². The van der Waals surface area contributed by atoms with Crippen LogP contribution in [0.2, 0.25) is 0 Å². The number of benzene rings is 1. The van der Waals surface area contributed by atoms with Crippen molar-refractivity contribution in [2.24, 2.45) is 0 Å². The molecular formula is C26H42N4O6. The number of carbonyl (C=O) groups excluding carboxylic acids is 2. The summed E-state index contributed by atoms with van der Waals surface area (Å²) in [4.78, 5) is 39.3. The molecule has 3 amide bonds. The van der Waals surface area contributed by atoms with Crippen LogP contribution in [0.4, 0.5) is 14.4 Å². The van der Waals surface area contributed by atoms with Crippen LogP contribution in [0.25, 0.3) is 0 Å². The fourth-order valence-corrected chi connectivity index (χ4v) is 4.09. The van der Waals surface area contributed by atoms with Crippen LogP contribution in [0, 0.1) is 0 Å². The smallest absolute Gasteiger partial charge is 0.410 e. The molecule has 10 heteroatoms. The number of ether oxygens (including phenoxy) is 2. The maximum absolute atomic E-state index is 12.0. The second kappa shape index (κ2) is 13.9. The molecule has 0 spiro atoms. The van der Waals surface area contributed by atoms with Gasteiger partial charge in [0.2, 0.25) is 0 Å². The standard InChI is InChI=1S/C15H20N2O4.C11H22N2O2/c1-16(13-7-9-17(10-8-13)14(18)19)15(20)21-11-12-5-3-2-4-6-12;1-11(2,3)15-10(14)13-7-5-9(12-4)6-8-13/h2-6,13H,7-11H2,1H3,(H,18,19);9,12H,5-8H2,1-4H3. The Hall–Kier alpha value is -3.01. The molecule has 2 heterocycles. The highest BCUT2D eigenvalue weighted by Crippen LogP contribution is 2.17. The average molecular weight is 507 g/mol. The van der Waals surface area contributed by atoms with Gasteiger partial charge in [-0.2, -0.15) is 0 Å². The fourth-order valence-electron chi connectivity index (χ4n) is 4.09. The minimum atomic E-state index is -0.900. The lowest BCUT2D eigenvalue weighted by Gasteiger charge is -2.34. The molecule has 2 saturated heterocycles. The van der Waals surface area contributed by atoms with Crippen molar-refractivity contribution in [3.8, 4) is 0 Å². The summed E-state index contributed by atoms with van der Waals surface area (Å²) >= 11 is 0. The van der Waals surface area contributed by atoms with E-state index in [9.17, 15) is 14.4 Å². The highest BCUT2D eigenvalue weighted by molar-refractivity contribution is 5.68. The Kier molecular flexibility index (Phi) is 11.3. The largest absolute Gasteiger partial charge is 0.465 e. The Morgan fingerprint density at radius 3 is 2.06 bits per heavy atom. The van der Waals surface area contributed by atoms with Crippen LogP contribution in [0.15, 0.2) is 30.3 Å². The van der Waals surface area contributed by atoms with Crippen LogP contribution < -0.4 is 5.32 Å². The number of rotatable bonds is 4. The third-order valence-corrected chi connectivity index (χ3v) is 6.33. The first-order valence-electron chi connectivity index (χ1n) is 12.6. The molecule has 0 atom stereocenters. The summed E-state index contributed by atoms with van der Waals surface area (Å²) < 4.78 is 10.6. The minimum absolute atomic E-state index is 0.0314. The van der Waals surface area contributed by atoms with Gasteiger partial charge in [0.1, 0.15) is 12.2 Å². The minimum Gasteiger partial charge on any atom is -0.465 e. The van der Waals surface area contributed by atoms with Gasteiger partial charge in [-0.3, -0.25) is 0 Å². The summed E-state index contributed by atoms with van der Waals surface area (Å²) in [6.07, 6.45) is 1.85. The third-order valence-electron chi connectivity index (χ3n) is 6.33. The van der Waals surface area contributed by atoms with Gasteiger partial charge in [0.05, 0.1) is 0 Å². The quantitative estimate of drug-likeness (QED) is 0.635. The zero-order chi connectivity index (χ0) is 26.7. The molecule has 10 nitrogen and oxygen atoms in total. The molecule has 0 saturated carbocycles. The number of hydrogen-bond donors (Lipinski definition) is 2. The van der Waals surface area contributed by atoms with Crippen molar-refractivity contribution in [2.75, 3.05) is 40.3 Å². The molecule has 2 aliphatic heterocycles. The van der Waals surface area contributed by atoms with Crippen molar-refractivity contribution in [3.63, 3.8) is 0 Å². The van der Waals surface area contributed by atoms with Crippen LogP contribution in [-0.4, -0.2) is 96.0 Å². The Morgan fingerprint density at radius 1 is 1.00 bits per heavy atom. The van der Waals surface area contributed by atoms with Crippen molar-refractivity contribution >= 4 is 18.3 Å². The number of likely N-dealkylation sites (tertiary alicyclic amines) is 2. The van der Waals surface area contributed by atoms with Crippen molar-refractivity contribution in [1.82, 2.24) is 20.0 Å². The maximum Gasteiger partial charge on any atom is 0.410 e. The van der Waals surface area contributed by atoms with Crippen LogP contribution >= 0.6 is 0 Å². The van der Waals surface area contributed by atoms with E-state index < -0.39 is 11.7 Å². The molecule has 2 aliphatic rings. The van der Waals surface area contributed by atoms with E-state index in [4.69, 9.17) is 14.6 Å². The normalized spacial score (nSPS) is 17.0. The van der Waals surface area contributed by atoms with Gasteiger partial charge in [-0.15, -0.1) is 0 Å². The summed E-state index contributed by atoms with van der Waals surface area (Å²) in [5.74, 6) is 0. The van der Waals surface area contributed by atoms with Gasteiger partial charge in [-0.25, -0.2) is 14.4 Å². The number of amides is 3. The summed E-state index contributed by atoms with van der Waals surface area (Å²) in [6.45, 7) is 8.42. The second-order valence-electron chi connectivity index (χ2n) is 10.2. The van der Waals surface area contributed by atoms with Gasteiger partial charge < -0.3 is 34.6 Å². The van der Waals surface area contributed by atoms with E-state index in [-0.39, 0.29) is 24.8 Å². The zero-order valence-electron chi connectivity index (χ0n) is 22.2. The SMILES string of the molecule is CN(C(=O)OCc1ccccc1)C1CCN(C(=O)O)CC1.CNC1CCN(C(=O)OC(C)(C)C)CC1. The Morgan fingerprint density at radius 2 is 1.56 bits per heavy atom. The van der Waals surface area contributed by atoms with Crippen molar-refractivity contribution in [1.29, 1.82) is 0 Å². The molecule has 0 unspecified atom stereocenters.